The second-order valence-electron chi connectivity index (χ2n) is 3.48. The molecule has 0 fully saturated rings. The van der Waals surface area contributed by atoms with Crippen LogP contribution in [0.25, 0.3) is 0 Å². The molecule has 0 rings (SSSR count). The molecule has 0 aromatic carbocycles. The third-order valence-electron chi connectivity index (χ3n) is 1.10. The summed E-state index contributed by atoms with van der Waals surface area (Å²) in [7, 11) is 0. The minimum Gasteiger partial charge on any atom is -0.309 e. The van der Waals surface area contributed by atoms with Crippen LogP contribution in [0.3, 0.4) is 0 Å². The van der Waals surface area contributed by atoms with Gasteiger partial charge in [-0.05, 0) is 20.8 Å². The van der Waals surface area contributed by atoms with E-state index in [2.05, 4.69) is 5.32 Å². The fourth-order valence-corrected chi connectivity index (χ4v) is 0.493. The number of halogens is 3. The van der Waals surface area contributed by atoms with Crippen molar-refractivity contribution >= 4 is 0 Å². The standard InChI is InChI=1S/C7H14F3N/c1-7(2,3)11-4-5(8)6(9)10/h5-6,11H,4H2,1-3H3. The van der Waals surface area contributed by atoms with Gasteiger partial charge in [0.2, 0.25) is 0 Å². The Balaban J connectivity index is 3.54. The van der Waals surface area contributed by atoms with Crippen molar-refractivity contribution in [3.63, 3.8) is 0 Å². The van der Waals surface area contributed by atoms with Crippen LogP contribution in [0.4, 0.5) is 13.2 Å². The second-order valence-corrected chi connectivity index (χ2v) is 3.48. The Kier molecular flexibility index (Phi) is 3.86. The van der Waals surface area contributed by atoms with Gasteiger partial charge in [0.05, 0.1) is 0 Å². The van der Waals surface area contributed by atoms with Gasteiger partial charge in [-0.1, -0.05) is 0 Å². The molecule has 1 nitrogen and oxygen atoms in total. The van der Waals surface area contributed by atoms with E-state index in [1.165, 1.54) is 0 Å². The zero-order valence-corrected chi connectivity index (χ0v) is 7.00. The van der Waals surface area contributed by atoms with Gasteiger partial charge >= 0.3 is 0 Å². The maximum atomic E-state index is 12.2. The van der Waals surface area contributed by atoms with E-state index in [-0.39, 0.29) is 12.1 Å². The van der Waals surface area contributed by atoms with E-state index in [4.69, 9.17) is 0 Å². The first-order chi connectivity index (χ1) is 4.83. The molecule has 0 aliphatic heterocycles. The van der Waals surface area contributed by atoms with Gasteiger partial charge in [0.15, 0.2) is 6.17 Å². The van der Waals surface area contributed by atoms with E-state index < -0.39 is 12.6 Å². The molecular weight excluding hydrogens is 155 g/mol. The van der Waals surface area contributed by atoms with Gasteiger partial charge in [-0.3, -0.25) is 0 Å². The number of hydrogen-bond acceptors (Lipinski definition) is 1. The molecule has 0 aliphatic rings. The zero-order chi connectivity index (χ0) is 9.07. The molecule has 0 aromatic heterocycles. The molecule has 0 saturated heterocycles. The predicted octanol–water partition coefficient (Wildman–Crippen LogP) is 1.98. The normalized spacial score (nSPS) is 15.5. The molecule has 0 radical (unpaired) electrons. The van der Waals surface area contributed by atoms with E-state index in [0.29, 0.717) is 0 Å². The molecule has 1 unspecified atom stereocenters. The molecule has 0 amide bonds. The van der Waals surface area contributed by atoms with Gasteiger partial charge in [0.1, 0.15) is 0 Å². The fourth-order valence-electron chi connectivity index (χ4n) is 0.493. The summed E-state index contributed by atoms with van der Waals surface area (Å²) in [6.07, 6.45) is -4.95. The summed E-state index contributed by atoms with van der Waals surface area (Å²) < 4.78 is 35.4. The minimum absolute atomic E-state index is 0.291. The molecule has 1 atom stereocenters. The largest absolute Gasteiger partial charge is 0.309 e. The SMILES string of the molecule is CC(C)(C)NCC(F)C(F)F. The summed E-state index contributed by atoms with van der Waals surface area (Å²) in [6.45, 7) is 5.10. The van der Waals surface area contributed by atoms with Crippen LogP contribution in [0.2, 0.25) is 0 Å². The van der Waals surface area contributed by atoms with Crippen LogP contribution in [0.5, 0.6) is 0 Å². The Hall–Kier alpha value is -0.250. The summed E-state index contributed by atoms with van der Waals surface area (Å²) >= 11 is 0. The van der Waals surface area contributed by atoms with Gasteiger partial charge in [0, 0.05) is 12.1 Å². The predicted molar refractivity (Wildman–Crippen MR) is 38.7 cm³/mol. The summed E-state index contributed by atoms with van der Waals surface area (Å²) in [5, 5.41) is 2.65. The molecule has 1 N–H and O–H groups in total. The Labute approximate surface area is 65.0 Å². The minimum atomic E-state index is -2.88. The molecule has 4 heteroatoms. The topological polar surface area (TPSA) is 12.0 Å². The number of hydrogen-bond donors (Lipinski definition) is 1. The Morgan fingerprint density at radius 2 is 1.64 bits per heavy atom. The van der Waals surface area contributed by atoms with Crippen molar-refractivity contribution in [2.24, 2.45) is 0 Å². The van der Waals surface area contributed by atoms with E-state index in [0.717, 1.165) is 0 Å². The highest BCUT2D eigenvalue weighted by Crippen LogP contribution is 2.06. The highest BCUT2D eigenvalue weighted by atomic mass is 19.3. The maximum absolute atomic E-state index is 12.2. The van der Waals surface area contributed by atoms with Crippen molar-refractivity contribution in [3.8, 4) is 0 Å². The average molecular weight is 169 g/mol. The first kappa shape index (κ1) is 10.8. The van der Waals surface area contributed by atoms with Gasteiger partial charge < -0.3 is 5.32 Å². The monoisotopic (exact) mass is 169 g/mol. The highest BCUT2D eigenvalue weighted by Gasteiger charge is 2.20. The lowest BCUT2D eigenvalue weighted by molar-refractivity contribution is 0.0469. The lowest BCUT2D eigenvalue weighted by Gasteiger charge is -2.21. The van der Waals surface area contributed by atoms with E-state index >= 15 is 0 Å². The Bertz CT molecular complexity index is 109. The van der Waals surface area contributed by atoms with Crippen molar-refractivity contribution in [1.29, 1.82) is 0 Å². The van der Waals surface area contributed by atoms with Crippen LogP contribution in [-0.2, 0) is 0 Å². The first-order valence-corrected chi connectivity index (χ1v) is 3.50. The summed E-state index contributed by atoms with van der Waals surface area (Å²) in [6, 6.07) is 0. The quantitative estimate of drug-likeness (QED) is 0.681. The maximum Gasteiger partial charge on any atom is 0.270 e. The average Bonchev–Trinajstić information content (AvgIpc) is 1.80. The smallest absolute Gasteiger partial charge is 0.270 e. The van der Waals surface area contributed by atoms with Crippen molar-refractivity contribution in [2.45, 2.75) is 38.9 Å². The molecule has 0 saturated carbocycles. The lowest BCUT2D eigenvalue weighted by atomic mass is 10.1. The summed E-state index contributed by atoms with van der Waals surface area (Å²) in [5.41, 5.74) is -0.306. The number of nitrogens with one attached hydrogen (secondary N) is 1. The van der Waals surface area contributed by atoms with Crippen LogP contribution < -0.4 is 5.32 Å². The van der Waals surface area contributed by atoms with Gasteiger partial charge in [-0.15, -0.1) is 0 Å². The van der Waals surface area contributed by atoms with Gasteiger partial charge in [0.25, 0.3) is 6.43 Å². The zero-order valence-electron chi connectivity index (χ0n) is 7.00. The fraction of sp³-hybridized carbons (Fsp3) is 1.00. The van der Waals surface area contributed by atoms with Crippen LogP contribution in [0, 0.1) is 0 Å². The lowest BCUT2D eigenvalue weighted by Crippen LogP contribution is -2.41. The van der Waals surface area contributed by atoms with Crippen molar-refractivity contribution in [1.82, 2.24) is 5.32 Å². The highest BCUT2D eigenvalue weighted by molar-refractivity contribution is 4.73. The number of alkyl halides is 3. The van der Waals surface area contributed by atoms with Crippen LogP contribution in [-0.4, -0.2) is 24.7 Å². The van der Waals surface area contributed by atoms with Crippen LogP contribution in [0.15, 0.2) is 0 Å². The molecule has 0 aliphatic carbocycles. The van der Waals surface area contributed by atoms with Crippen LogP contribution in [0.1, 0.15) is 20.8 Å². The van der Waals surface area contributed by atoms with Crippen molar-refractivity contribution < 1.29 is 13.2 Å². The molecule has 0 heterocycles. The Morgan fingerprint density at radius 3 is 1.91 bits per heavy atom. The van der Waals surface area contributed by atoms with Crippen molar-refractivity contribution in [3.05, 3.63) is 0 Å². The van der Waals surface area contributed by atoms with E-state index in [1.807, 2.05) is 0 Å². The van der Waals surface area contributed by atoms with Crippen molar-refractivity contribution in [2.75, 3.05) is 6.54 Å². The molecule has 0 spiro atoms. The van der Waals surface area contributed by atoms with Crippen LogP contribution >= 0.6 is 0 Å². The third kappa shape index (κ3) is 6.16. The Morgan fingerprint density at radius 1 is 1.18 bits per heavy atom. The van der Waals surface area contributed by atoms with Gasteiger partial charge in [-0.25, -0.2) is 13.2 Å². The van der Waals surface area contributed by atoms with Gasteiger partial charge in [-0.2, -0.15) is 0 Å². The molecule has 11 heavy (non-hydrogen) atoms. The first-order valence-electron chi connectivity index (χ1n) is 3.50. The second kappa shape index (κ2) is 3.95. The van der Waals surface area contributed by atoms with E-state index in [9.17, 15) is 13.2 Å². The molecular formula is C7H14F3N. The van der Waals surface area contributed by atoms with E-state index in [1.54, 1.807) is 20.8 Å². The molecule has 0 aromatic rings. The molecule has 0 bridgehead atoms. The third-order valence-corrected chi connectivity index (χ3v) is 1.10. The molecule has 68 valence electrons. The summed E-state index contributed by atoms with van der Waals surface area (Å²) in [4.78, 5) is 0. The number of rotatable bonds is 3. The summed E-state index contributed by atoms with van der Waals surface area (Å²) in [5.74, 6) is 0.